The molecule has 0 aliphatic rings. The van der Waals surface area contributed by atoms with Crippen LogP contribution in [0, 0.1) is 0 Å². The summed E-state index contributed by atoms with van der Waals surface area (Å²) in [6, 6.07) is 7.53. The van der Waals surface area contributed by atoms with Gasteiger partial charge >= 0.3 is 5.97 Å². The van der Waals surface area contributed by atoms with Crippen molar-refractivity contribution in [2.45, 2.75) is 18.2 Å². The van der Waals surface area contributed by atoms with Gasteiger partial charge in [-0.2, -0.15) is 0 Å². The molecule has 4 nitrogen and oxygen atoms in total. The highest BCUT2D eigenvalue weighted by atomic mass is 32.2. The minimum absolute atomic E-state index is 0.120. The Bertz CT molecular complexity index is 380. The molecule has 1 aromatic carbocycles. The molecule has 2 unspecified atom stereocenters. The van der Waals surface area contributed by atoms with Crippen LogP contribution in [0.3, 0.4) is 0 Å². The van der Waals surface area contributed by atoms with Crippen molar-refractivity contribution in [3.8, 4) is 5.75 Å². The molecule has 0 fully saturated rings. The highest BCUT2D eigenvalue weighted by Crippen LogP contribution is 2.25. The number of hydrogen-bond donors (Lipinski definition) is 1. The van der Waals surface area contributed by atoms with Crippen LogP contribution in [-0.2, 0) is 9.53 Å². The third-order valence-corrected chi connectivity index (χ3v) is 3.92. The number of benzene rings is 1. The molecule has 0 saturated heterocycles. The third kappa shape index (κ3) is 4.23. The Hall–Kier alpha value is -1.20. The second-order valence-electron chi connectivity index (χ2n) is 3.89. The van der Waals surface area contributed by atoms with E-state index in [0.717, 1.165) is 11.3 Å². The first-order valence-corrected chi connectivity index (χ1v) is 6.71. The average Bonchev–Trinajstić information content (AvgIpc) is 2.43. The van der Waals surface area contributed by atoms with E-state index in [1.165, 1.54) is 18.9 Å². The summed E-state index contributed by atoms with van der Waals surface area (Å²) in [6.07, 6.45) is 0. The normalized spacial score (nSPS) is 13.8. The SMILES string of the molecule is COC(=O)CSC(C)C(N)c1ccc(OC)cc1. The zero-order valence-electron chi connectivity index (χ0n) is 10.9. The van der Waals surface area contributed by atoms with Crippen LogP contribution in [0.2, 0.25) is 0 Å². The Morgan fingerprint density at radius 2 is 1.94 bits per heavy atom. The summed E-state index contributed by atoms with van der Waals surface area (Å²) in [5, 5.41) is 0.137. The van der Waals surface area contributed by atoms with Crippen molar-refractivity contribution in [2.75, 3.05) is 20.0 Å². The van der Waals surface area contributed by atoms with Crippen molar-refractivity contribution in [3.05, 3.63) is 29.8 Å². The quantitative estimate of drug-likeness (QED) is 0.800. The smallest absolute Gasteiger partial charge is 0.315 e. The van der Waals surface area contributed by atoms with Gasteiger partial charge in [0.15, 0.2) is 0 Å². The Labute approximate surface area is 112 Å². The summed E-state index contributed by atoms with van der Waals surface area (Å²) in [7, 11) is 3.01. The molecule has 2 N–H and O–H groups in total. The van der Waals surface area contributed by atoms with Crippen LogP contribution in [0.25, 0.3) is 0 Å². The number of methoxy groups -OCH3 is 2. The highest BCUT2D eigenvalue weighted by molar-refractivity contribution is 8.00. The topological polar surface area (TPSA) is 61.5 Å². The number of ether oxygens (including phenoxy) is 2. The second kappa shape index (κ2) is 7.28. The molecule has 2 atom stereocenters. The van der Waals surface area contributed by atoms with Gasteiger partial charge in [-0.05, 0) is 17.7 Å². The molecule has 0 aromatic heterocycles. The lowest BCUT2D eigenvalue weighted by Crippen LogP contribution is -2.22. The van der Waals surface area contributed by atoms with Crippen LogP contribution in [0.1, 0.15) is 18.5 Å². The fraction of sp³-hybridized carbons (Fsp3) is 0.462. The Morgan fingerprint density at radius 1 is 1.33 bits per heavy atom. The van der Waals surface area contributed by atoms with Crippen LogP contribution in [0.5, 0.6) is 5.75 Å². The van der Waals surface area contributed by atoms with E-state index < -0.39 is 0 Å². The summed E-state index contributed by atoms with van der Waals surface area (Å²) in [6.45, 7) is 2.00. The van der Waals surface area contributed by atoms with Crippen LogP contribution >= 0.6 is 11.8 Å². The van der Waals surface area contributed by atoms with Gasteiger partial charge in [-0.15, -0.1) is 11.8 Å². The monoisotopic (exact) mass is 269 g/mol. The first-order valence-electron chi connectivity index (χ1n) is 5.66. The van der Waals surface area contributed by atoms with E-state index in [-0.39, 0.29) is 17.3 Å². The summed E-state index contributed by atoms with van der Waals surface area (Å²) >= 11 is 1.49. The molecule has 0 amide bonds. The van der Waals surface area contributed by atoms with Crippen molar-refractivity contribution in [1.29, 1.82) is 0 Å². The Kier molecular flexibility index (Phi) is 6.01. The van der Waals surface area contributed by atoms with Crippen molar-refractivity contribution < 1.29 is 14.3 Å². The third-order valence-electron chi connectivity index (χ3n) is 2.70. The van der Waals surface area contributed by atoms with Gasteiger partial charge in [0, 0.05) is 11.3 Å². The highest BCUT2D eigenvalue weighted by Gasteiger charge is 2.16. The van der Waals surface area contributed by atoms with E-state index in [4.69, 9.17) is 10.5 Å². The molecule has 5 heteroatoms. The lowest BCUT2D eigenvalue weighted by molar-refractivity contribution is -0.137. The molecule has 1 rings (SSSR count). The van der Waals surface area contributed by atoms with Crippen molar-refractivity contribution >= 4 is 17.7 Å². The van der Waals surface area contributed by atoms with Crippen molar-refractivity contribution in [1.82, 2.24) is 0 Å². The summed E-state index contributed by atoms with van der Waals surface area (Å²) in [5.41, 5.74) is 7.17. The van der Waals surface area contributed by atoms with Gasteiger partial charge < -0.3 is 15.2 Å². The molecular weight excluding hydrogens is 250 g/mol. The average molecular weight is 269 g/mol. The molecule has 1 aromatic rings. The molecule has 0 radical (unpaired) electrons. The second-order valence-corrected chi connectivity index (χ2v) is 5.26. The van der Waals surface area contributed by atoms with Crippen LogP contribution in [0.15, 0.2) is 24.3 Å². The van der Waals surface area contributed by atoms with E-state index in [1.54, 1.807) is 7.11 Å². The largest absolute Gasteiger partial charge is 0.497 e. The van der Waals surface area contributed by atoms with Crippen molar-refractivity contribution in [3.63, 3.8) is 0 Å². The fourth-order valence-electron chi connectivity index (χ4n) is 1.46. The number of rotatable bonds is 6. The van der Waals surface area contributed by atoms with Gasteiger partial charge in [0.25, 0.3) is 0 Å². The maximum Gasteiger partial charge on any atom is 0.315 e. The lowest BCUT2D eigenvalue weighted by atomic mass is 10.1. The number of nitrogens with two attached hydrogens (primary N) is 1. The lowest BCUT2D eigenvalue weighted by Gasteiger charge is -2.19. The molecule has 0 heterocycles. The van der Waals surface area contributed by atoms with E-state index in [9.17, 15) is 4.79 Å². The zero-order valence-corrected chi connectivity index (χ0v) is 11.7. The molecular formula is C13H19NO3S. The molecule has 0 saturated carbocycles. The van der Waals surface area contributed by atoms with Gasteiger partial charge in [-0.3, -0.25) is 4.79 Å². The van der Waals surface area contributed by atoms with Gasteiger partial charge in [0.1, 0.15) is 5.75 Å². The van der Waals surface area contributed by atoms with Crippen LogP contribution in [0.4, 0.5) is 0 Å². The number of thioether (sulfide) groups is 1. The standard InChI is InChI=1S/C13H19NO3S/c1-9(18-8-12(15)17-3)13(14)10-4-6-11(16-2)7-5-10/h4-7,9,13H,8,14H2,1-3H3. The first-order chi connectivity index (χ1) is 8.58. The van der Waals surface area contributed by atoms with E-state index in [1.807, 2.05) is 31.2 Å². The minimum Gasteiger partial charge on any atom is -0.497 e. The number of carbonyl (C=O) groups excluding carboxylic acids is 1. The summed E-state index contributed by atoms with van der Waals surface area (Å²) in [4.78, 5) is 11.1. The molecule has 0 aliphatic carbocycles. The molecule has 0 bridgehead atoms. The van der Waals surface area contributed by atoms with Crippen molar-refractivity contribution in [2.24, 2.45) is 5.73 Å². The Balaban J connectivity index is 2.56. The fourth-order valence-corrected chi connectivity index (χ4v) is 2.34. The van der Waals surface area contributed by atoms with E-state index >= 15 is 0 Å². The minimum atomic E-state index is -0.228. The van der Waals surface area contributed by atoms with E-state index in [0.29, 0.717) is 5.75 Å². The van der Waals surface area contributed by atoms with Gasteiger partial charge in [0.2, 0.25) is 0 Å². The molecule has 0 aliphatic heterocycles. The predicted octanol–water partition coefficient (Wildman–Crippen LogP) is 1.99. The number of carbonyl (C=O) groups is 1. The first kappa shape index (κ1) is 14.9. The van der Waals surface area contributed by atoms with Crippen LogP contribution < -0.4 is 10.5 Å². The number of esters is 1. The zero-order chi connectivity index (χ0) is 13.5. The summed E-state index contributed by atoms with van der Waals surface area (Å²) in [5.74, 6) is 0.899. The molecule has 100 valence electrons. The predicted molar refractivity (Wildman–Crippen MR) is 73.9 cm³/mol. The van der Waals surface area contributed by atoms with Gasteiger partial charge in [-0.25, -0.2) is 0 Å². The maximum absolute atomic E-state index is 11.1. The number of hydrogen-bond acceptors (Lipinski definition) is 5. The summed E-state index contributed by atoms with van der Waals surface area (Å²) < 4.78 is 9.69. The van der Waals surface area contributed by atoms with Gasteiger partial charge in [0.05, 0.1) is 20.0 Å². The van der Waals surface area contributed by atoms with Gasteiger partial charge in [-0.1, -0.05) is 19.1 Å². The molecule has 18 heavy (non-hydrogen) atoms. The Morgan fingerprint density at radius 3 is 2.44 bits per heavy atom. The van der Waals surface area contributed by atoms with E-state index in [2.05, 4.69) is 4.74 Å². The maximum atomic E-state index is 11.1. The molecule has 0 spiro atoms. The van der Waals surface area contributed by atoms with Crippen LogP contribution in [-0.4, -0.2) is 31.2 Å².